The Balaban J connectivity index is 1.66. The van der Waals surface area contributed by atoms with E-state index in [-0.39, 0.29) is 0 Å². The lowest BCUT2D eigenvalue weighted by atomic mass is 9.83. The molecule has 2 aliphatic rings. The standard InChI is InChI=1S/C13H25NOS/c1-16-10-9-14-11-12-5-8-13(15-12)6-3-2-4-7-13/h12,14H,2-11H2,1H3. The molecule has 0 amide bonds. The van der Waals surface area contributed by atoms with E-state index in [4.69, 9.17) is 4.74 Å². The largest absolute Gasteiger partial charge is 0.370 e. The quantitative estimate of drug-likeness (QED) is 0.750. The summed E-state index contributed by atoms with van der Waals surface area (Å²) in [6.45, 7) is 2.18. The fraction of sp³-hybridized carbons (Fsp3) is 1.00. The van der Waals surface area contributed by atoms with Crippen LogP contribution in [0.15, 0.2) is 0 Å². The van der Waals surface area contributed by atoms with Gasteiger partial charge >= 0.3 is 0 Å². The van der Waals surface area contributed by atoms with Gasteiger partial charge in [-0.15, -0.1) is 0 Å². The van der Waals surface area contributed by atoms with Crippen LogP contribution in [-0.2, 0) is 4.74 Å². The Hall–Kier alpha value is 0.270. The Morgan fingerprint density at radius 2 is 2.06 bits per heavy atom. The molecule has 1 spiro atoms. The second-order valence-electron chi connectivity index (χ2n) is 5.22. The Morgan fingerprint density at radius 1 is 1.25 bits per heavy atom. The average molecular weight is 243 g/mol. The van der Waals surface area contributed by atoms with Gasteiger partial charge in [-0.3, -0.25) is 0 Å². The lowest BCUT2D eigenvalue weighted by Crippen LogP contribution is -2.35. The zero-order valence-electron chi connectivity index (χ0n) is 10.5. The van der Waals surface area contributed by atoms with Gasteiger partial charge in [-0.25, -0.2) is 0 Å². The summed E-state index contributed by atoms with van der Waals surface area (Å²) in [7, 11) is 0. The number of thioether (sulfide) groups is 1. The van der Waals surface area contributed by atoms with Gasteiger partial charge in [0, 0.05) is 18.8 Å². The SMILES string of the molecule is CSCCNCC1CCC2(CCCCC2)O1. The Morgan fingerprint density at radius 3 is 2.81 bits per heavy atom. The van der Waals surface area contributed by atoms with Gasteiger partial charge in [0.1, 0.15) is 0 Å². The first-order valence-electron chi connectivity index (χ1n) is 6.72. The van der Waals surface area contributed by atoms with Gasteiger partial charge in [0.2, 0.25) is 0 Å². The normalized spacial score (nSPS) is 28.7. The second-order valence-corrected chi connectivity index (χ2v) is 6.20. The molecule has 1 saturated carbocycles. The van der Waals surface area contributed by atoms with Crippen LogP contribution in [0.4, 0.5) is 0 Å². The van der Waals surface area contributed by atoms with Crippen LogP contribution in [0.3, 0.4) is 0 Å². The average Bonchev–Trinajstić information content (AvgIpc) is 2.69. The van der Waals surface area contributed by atoms with E-state index in [1.165, 1.54) is 50.7 Å². The summed E-state index contributed by atoms with van der Waals surface area (Å²) in [6, 6.07) is 0. The van der Waals surface area contributed by atoms with Crippen LogP contribution < -0.4 is 5.32 Å². The third-order valence-electron chi connectivity index (χ3n) is 3.96. The van der Waals surface area contributed by atoms with Crippen LogP contribution in [0.2, 0.25) is 0 Å². The summed E-state index contributed by atoms with van der Waals surface area (Å²) >= 11 is 1.90. The molecule has 0 aromatic rings. The molecule has 2 fully saturated rings. The Kier molecular flexibility index (Phi) is 4.98. The summed E-state index contributed by atoms with van der Waals surface area (Å²) in [5, 5.41) is 3.50. The van der Waals surface area contributed by atoms with E-state index in [0.29, 0.717) is 11.7 Å². The van der Waals surface area contributed by atoms with Crippen LogP contribution in [0.1, 0.15) is 44.9 Å². The minimum atomic E-state index is 0.296. The zero-order chi connectivity index (χ0) is 11.3. The van der Waals surface area contributed by atoms with E-state index in [1.807, 2.05) is 11.8 Å². The Bertz CT molecular complexity index is 204. The third-order valence-corrected chi connectivity index (χ3v) is 4.57. The highest BCUT2D eigenvalue weighted by atomic mass is 32.2. The minimum Gasteiger partial charge on any atom is -0.370 e. The van der Waals surface area contributed by atoms with Crippen molar-refractivity contribution in [3.8, 4) is 0 Å². The molecule has 1 N–H and O–H groups in total. The molecule has 1 atom stereocenters. The lowest BCUT2D eigenvalue weighted by molar-refractivity contribution is -0.0621. The van der Waals surface area contributed by atoms with Gasteiger partial charge in [-0.05, 0) is 31.9 Å². The van der Waals surface area contributed by atoms with Crippen molar-refractivity contribution in [2.45, 2.75) is 56.7 Å². The number of hydrogen-bond donors (Lipinski definition) is 1. The topological polar surface area (TPSA) is 21.3 Å². The molecule has 94 valence electrons. The number of rotatable bonds is 5. The van der Waals surface area contributed by atoms with Gasteiger partial charge in [-0.2, -0.15) is 11.8 Å². The van der Waals surface area contributed by atoms with Crippen molar-refractivity contribution in [1.82, 2.24) is 5.32 Å². The van der Waals surface area contributed by atoms with Crippen molar-refractivity contribution in [2.75, 3.05) is 25.1 Å². The van der Waals surface area contributed by atoms with E-state index in [9.17, 15) is 0 Å². The first kappa shape index (κ1) is 12.7. The van der Waals surface area contributed by atoms with Crippen molar-refractivity contribution in [3.05, 3.63) is 0 Å². The Labute approximate surface area is 104 Å². The highest BCUT2D eigenvalue weighted by Crippen LogP contribution is 2.41. The predicted octanol–water partition coefficient (Wildman–Crippen LogP) is 2.82. The first-order chi connectivity index (χ1) is 7.85. The van der Waals surface area contributed by atoms with Crippen molar-refractivity contribution in [2.24, 2.45) is 0 Å². The van der Waals surface area contributed by atoms with Crippen molar-refractivity contribution in [3.63, 3.8) is 0 Å². The van der Waals surface area contributed by atoms with E-state index >= 15 is 0 Å². The van der Waals surface area contributed by atoms with E-state index in [0.717, 1.165) is 13.1 Å². The van der Waals surface area contributed by atoms with Crippen LogP contribution in [-0.4, -0.2) is 36.8 Å². The fourth-order valence-electron chi connectivity index (χ4n) is 3.04. The molecule has 1 aliphatic heterocycles. The summed E-state index contributed by atoms with van der Waals surface area (Å²) in [6.07, 6.45) is 12.0. The highest BCUT2D eigenvalue weighted by Gasteiger charge is 2.40. The zero-order valence-corrected chi connectivity index (χ0v) is 11.3. The molecule has 0 aromatic heterocycles. The molecule has 1 aliphatic carbocycles. The van der Waals surface area contributed by atoms with Crippen molar-refractivity contribution < 1.29 is 4.74 Å². The molecule has 2 rings (SSSR count). The van der Waals surface area contributed by atoms with Crippen LogP contribution in [0.25, 0.3) is 0 Å². The van der Waals surface area contributed by atoms with Gasteiger partial charge in [0.25, 0.3) is 0 Å². The van der Waals surface area contributed by atoms with Gasteiger partial charge < -0.3 is 10.1 Å². The van der Waals surface area contributed by atoms with Gasteiger partial charge in [0.05, 0.1) is 11.7 Å². The third kappa shape index (κ3) is 3.38. The molecule has 0 radical (unpaired) electrons. The van der Waals surface area contributed by atoms with Crippen LogP contribution in [0, 0.1) is 0 Å². The first-order valence-corrected chi connectivity index (χ1v) is 8.11. The molecule has 0 aromatic carbocycles. The molecule has 2 nitrogen and oxygen atoms in total. The maximum absolute atomic E-state index is 6.30. The van der Waals surface area contributed by atoms with Crippen LogP contribution in [0.5, 0.6) is 0 Å². The monoisotopic (exact) mass is 243 g/mol. The molecule has 1 heterocycles. The molecule has 0 bridgehead atoms. The minimum absolute atomic E-state index is 0.296. The maximum Gasteiger partial charge on any atom is 0.0708 e. The summed E-state index contributed by atoms with van der Waals surface area (Å²) in [5.41, 5.74) is 0.296. The van der Waals surface area contributed by atoms with Crippen LogP contribution >= 0.6 is 11.8 Å². The highest BCUT2D eigenvalue weighted by molar-refractivity contribution is 7.98. The summed E-state index contributed by atoms with van der Waals surface area (Å²) < 4.78 is 6.30. The lowest BCUT2D eigenvalue weighted by Gasteiger charge is -2.33. The predicted molar refractivity (Wildman–Crippen MR) is 71.2 cm³/mol. The van der Waals surface area contributed by atoms with Crippen molar-refractivity contribution >= 4 is 11.8 Å². The summed E-state index contributed by atoms with van der Waals surface area (Å²) in [4.78, 5) is 0. The van der Waals surface area contributed by atoms with Crippen molar-refractivity contribution in [1.29, 1.82) is 0 Å². The molecule has 16 heavy (non-hydrogen) atoms. The van der Waals surface area contributed by atoms with E-state index in [1.54, 1.807) is 0 Å². The molecular weight excluding hydrogens is 218 g/mol. The number of hydrogen-bond acceptors (Lipinski definition) is 3. The number of ether oxygens (including phenoxy) is 1. The second kappa shape index (κ2) is 6.27. The van der Waals surface area contributed by atoms with Gasteiger partial charge in [0.15, 0.2) is 0 Å². The molecular formula is C13H25NOS. The molecule has 1 saturated heterocycles. The van der Waals surface area contributed by atoms with Gasteiger partial charge in [-0.1, -0.05) is 19.3 Å². The smallest absolute Gasteiger partial charge is 0.0708 e. The number of nitrogens with one attached hydrogen (secondary N) is 1. The molecule has 3 heteroatoms. The van der Waals surface area contributed by atoms with E-state index < -0.39 is 0 Å². The fourth-order valence-corrected chi connectivity index (χ4v) is 3.39. The maximum atomic E-state index is 6.30. The molecule has 1 unspecified atom stereocenters. The summed E-state index contributed by atoms with van der Waals surface area (Å²) in [5.74, 6) is 1.21. The van der Waals surface area contributed by atoms with E-state index in [2.05, 4.69) is 11.6 Å².